The minimum Gasteiger partial charge on any atom is -0.478 e. The molecule has 2 aromatic carbocycles. The highest BCUT2D eigenvalue weighted by Crippen LogP contribution is 2.28. The second-order valence-corrected chi connectivity index (χ2v) is 4.81. The van der Waals surface area contributed by atoms with Crippen LogP contribution in [0.3, 0.4) is 0 Å². The van der Waals surface area contributed by atoms with Gasteiger partial charge in [0.05, 0.1) is 5.56 Å². The third-order valence-electron chi connectivity index (χ3n) is 2.55. The zero-order valence-corrected chi connectivity index (χ0v) is 11.6. The van der Waals surface area contributed by atoms with Crippen LogP contribution in [0.15, 0.2) is 40.9 Å². The van der Waals surface area contributed by atoms with Crippen LogP contribution in [0.1, 0.15) is 15.9 Å². The maximum Gasteiger partial charge on any atom is 0.336 e. The molecule has 0 saturated heterocycles. The van der Waals surface area contributed by atoms with Gasteiger partial charge >= 0.3 is 5.97 Å². The summed E-state index contributed by atoms with van der Waals surface area (Å²) in [5, 5.41) is 8.89. The van der Waals surface area contributed by atoms with E-state index in [1.54, 1.807) is 19.1 Å². The molecule has 0 saturated carbocycles. The first-order chi connectivity index (χ1) is 8.97. The second kappa shape index (κ2) is 5.40. The van der Waals surface area contributed by atoms with Gasteiger partial charge in [-0.1, -0.05) is 6.07 Å². The van der Waals surface area contributed by atoms with E-state index in [0.717, 1.165) is 0 Å². The summed E-state index contributed by atoms with van der Waals surface area (Å²) in [4.78, 5) is 10.9. The fourth-order valence-electron chi connectivity index (χ4n) is 1.51. The van der Waals surface area contributed by atoms with Gasteiger partial charge in [-0.25, -0.2) is 9.18 Å². The van der Waals surface area contributed by atoms with Crippen LogP contribution in [0.25, 0.3) is 0 Å². The Morgan fingerprint density at radius 1 is 1.21 bits per heavy atom. The molecule has 0 spiro atoms. The molecule has 19 heavy (non-hydrogen) atoms. The van der Waals surface area contributed by atoms with E-state index in [2.05, 4.69) is 15.9 Å². The van der Waals surface area contributed by atoms with Crippen LogP contribution in [0, 0.1) is 12.7 Å². The number of benzene rings is 2. The third kappa shape index (κ3) is 3.12. The highest BCUT2D eigenvalue weighted by molar-refractivity contribution is 9.10. The smallest absolute Gasteiger partial charge is 0.336 e. The molecule has 0 amide bonds. The topological polar surface area (TPSA) is 46.5 Å². The van der Waals surface area contributed by atoms with E-state index in [0.29, 0.717) is 21.5 Å². The maximum absolute atomic E-state index is 13.4. The molecule has 2 aromatic rings. The summed E-state index contributed by atoms with van der Waals surface area (Å²) in [6.07, 6.45) is 0. The van der Waals surface area contributed by atoms with Crippen LogP contribution in [-0.4, -0.2) is 11.1 Å². The summed E-state index contributed by atoms with van der Waals surface area (Å²) in [5.74, 6) is -0.586. The van der Waals surface area contributed by atoms with Gasteiger partial charge in [-0.3, -0.25) is 0 Å². The minimum atomic E-state index is -1.03. The Labute approximate surface area is 117 Å². The number of rotatable bonds is 3. The largest absolute Gasteiger partial charge is 0.478 e. The second-order valence-electron chi connectivity index (χ2n) is 3.96. The molecule has 0 atom stereocenters. The number of aryl methyl sites for hydroxylation is 1. The molecule has 0 radical (unpaired) electrons. The molecule has 0 aliphatic heterocycles. The molecule has 0 bridgehead atoms. The molecule has 0 heterocycles. The first-order valence-corrected chi connectivity index (χ1v) is 6.23. The van der Waals surface area contributed by atoms with Crippen molar-refractivity contribution < 1.29 is 19.0 Å². The van der Waals surface area contributed by atoms with Crippen LogP contribution < -0.4 is 4.74 Å². The summed E-state index contributed by atoms with van der Waals surface area (Å²) in [5.41, 5.74) is 0.678. The Hall–Kier alpha value is -1.88. The summed E-state index contributed by atoms with van der Waals surface area (Å²) < 4.78 is 19.2. The molecule has 0 aliphatic carbocycles. The summed E-state index contributed by atoms with van der Waals surface area (Å²) in [7, 11) is 0. The average Bonchev–Trinajstić information content (AvgIpc) is 2.33. The van der Waals surface area contributed by atoms with Gasteiger partial charge < -0.3 is 9.84 Å². The van der Waals surface area contributed by atoms with Gasteiger partial charge in [0, 0.05) is 10.5 Å². The van der Waals surface area contributed by atoms with Crippen LogP contribution >= 0.6 is 15.9 Å². The van der Waals surface area contributed by atoms with Gasteiger partial charge in [0.15, 0.2) is 0 Å². The molecule has 98 valence electrons. The summed E-state index contributed by atoms with van der Waals surface area (Å²) in [6.45, 7) is 1.66. The minimum absolute atomic E-state index is 0.141. The van der Waals surface area contributed by atoms with Crippen molar-refractivity contribution in [3.63, 3.8) is 0 Å². The van der Waals surface area contributed by atoms with E-state index < -0.39 is 5.97 Å². The van der Waals surface area contributed by atoms with Crippen LogP contribution in [0.5, 0.6) is 11.5 Å². The summed E-state index contributed by atoms with van der Waals surface area (Å²) >= 11 is 3.15. The van der Waals surface area contributed by atoms with Gasteiger partial charge in [-0.2, -0.15) is 0 Å². The zero-order chi connectivity index (χ0) is 14.0. The van der Waals surface area contributed by atoms with Crippen molar-refractivity contribution in [2.75, 3.05) is 0 Å². The van der Waals surface area contributed by atoms with Crippen molar-refractivity contribution in [1.82, 2.24) is 0 Å². The van der Waals surface area contributed by atoms with Crippen molar-refractivity contribution in [2.24, 2.45) is 0 Å². The van der Waals surface area contributed by atoms with E-state index >= 15 is 0 Å². The van der Waals surface area contributed by atoms with Gasteiger partial charge in [-0.05, 0) is 52.7 Å². The van der Waals surface area contributed by atoms with E-state index in [9.17, 15) is 9.18 Å². The Morgan fingerprint density at radius 3 is 2.42 bits per heavy atom. The number of carboxylic acids is 1. The number of hydrogen-bond donors (Lipinski definition) is 1. The lowest BCUT2D eigenvalue weighted by molar-refractivity contribution is 0.0696. The van der Waals surface area contributed by atoms with Gasteiger partial charge in [0.1, 0.15) is 17.3 Å². The maximum atomic E-state index is 13.4. The van der Waals surface area contributed by atoms with Crippen LogP contribution in [-0.2, 0) is 0 Å². The van der Waals surface area contributed by atoms with Crippen LogP contribution in [0.4, 0.5) is 4.39 Å². The fourth-order valence-corrected chi connectivity index (χ4v) is 2.03. The first-order valence-electron chi connectivity index (χ1n) is 5.44. The number of hydrogen-bond acceptors (Lipinski definition) is 2. The van der Waals surface area contributed by atoms with Crippen LogP contribution in [0.2, 0.25) is 0 Å². The van der Waals surface area contributed by atoms with Crippen molar-refractivity contribution in [1.29, 1.82) is 0 Å². The lowest BCUT2D eigenvalue weighted by Crippen LogP contribution is -1.97. The lowest BCUT2D eigenvalue weighted by atomic mass is 10.2. The Balaban J connectivity index is 2.26. The van der Waals surface area contributed by atoms with Crippen molar-refractivity contribution in [3.8, 4) is 11.5 Å². The molecule has 0 fully saturated rings. The van der Waals surface area contributed by atoms with E-state index in [4.69, 9.17) is 9.84 Å². The van der Waals surface area contributed by atoms with E-state index in [1.165, 1.54) is 24.3 Å². The Morgan fingerprint density at radius 2 is 1.84 bits per heavy atom. The van der Waals surface area contributed by atoms with E-state index in [-0.39, 0.29) is 11.4 Å². The highest BCUT2D eigenvalue weighted by atomic mass is 79.9. The van der Waals surface area contributed by atoms with Gasteiger partial charge in [-0.15, -0.1) is 0 Å². The Kier molecular flexibility index (Phi) is 3.85. The fraction of sp³-hybridized carbons (Fsp3) is 0.0714. The predicted octanol–water partition coefficient (Wildman–Crippen LogP) is 4.39. The van der Waals surface area contributed by atoms with Gasteiger partial charge in [0.2, 0.25) is 0 Å². The summed E-state index contributed by atoms with van der Waals surface area (Å²) in [6, 6.07) is 9.02. The standard InChI is InChI=1S/C14H10BrFO3/c1-8-2-3-10(7-13(8)16)19-9-4-5-11(14(17)18)12(15)6-9/h2-7H,1H3,(H,17,18). The highest BCUT2D eigenvalue weighted by Gasteiger charge is 2.09. The predicted molar refractivity (Wildman–Crippen MR) is 72.3 cm³/mol. The van der Waals surface area contributed by atoms with E-state index in [1.807, 2.05) is 0 Å². The van der Waals surface area contributed by atoms with Crippen molar-refractivity contribution >= 4 is 21.9 Å². The first kappa shape index (κ1) is 13.5. The van der Waals surface area contributed by atoms with Gasteiger partial charge in [0.25, 0.3) is 0 Å². The third-order valence-corrected chi connectivity index (χ3v) is 3.21. The molecular weight excluding hydrogens is 315 g/mol. The normalized spacial score (nSPS) is 10.3. The number of halogens is 2. The molecular formula is C14H10BrFO3. The SMILES string of the molecule is Cc1ccc(Oc2ccc(C(=O)O)c(Br)c2)cc1F. The molecule has 0 unspecified atom stereocenters. The quantitative estimate of drug-likeness (QED) is 0.910. The molecule has 2 rings (SSSR count). The molecule has 0 aromatic heterocycles. The number of aromatic carboxylic acids is 1. The van der Waals surface area contributed by atoms with Crippen molar-refractivity contribution in [3.05, 3.63) is 57.8 Å². The number of ether oxygens (including phenoxy) is 1. The lowest BCUT2D eigenvalue weighted by Gasteiger charge is -2.08. The molecule has 5 heteroatoms. The monoisotopic (exact) mass is 324 g/mol. The molecule has 3 nitrogen and oxygen atoms in total. The zero-order valence-electron chi connectivity index (χ0n) is 9.98. The van der Waals surface area contributed by atoms with Crippen molar-refractivity contribution in [2.45, 2.75) is 6.92 Å². The Bertz CT molecular complexity index is 641. The molecule has 1 N–H and O–H groups in total. The molecule has 0 aliphatic rings. The average molecular weight is 325 g/mol. The number of carboxylic acid groups (broad SMARTS) is 1. The number of carbonyl (C=O) groups is 1.